The van der Waals surface area contributed by atoms with E-state index in [1.807, 2.05) is 13.0 Å². The Morgan fingerprint density at radius 1 is 0.810 bits per heavy atom. The quantitative estimate of drug-likeness (QED) is 0.179. The first-order valence-corrected chi connectivity index (χ1v) is 15.1. The fraction of sp³-hybridized carbons (Fsp3) is 0.559. The predicted octanol–water partition coefficient (Wildman–Crippen LogP) is 8.03. The third-order valence-corrected chi connectivity index (χ3v) is 8.51. The molecule has 2 amide bonds. The molecule has 0 fully saturated rings. The first kappa shape index (κ1) is 35.1. The van der Waals surface area contributed by atoms with Crippen molar-refractivity contribution < 1.29 is 23.9 Å². The lowest BCUT2D eigenvalue weighted by molar-refractivity contribution is -0.130. The maximum atomic E-state index is 13.4. The molecule has 2 atom stereocenters. The molecule has 0 aromatic heterocycles. The van der Waals surface area contributed by atoms with Crippen LogP contribution >= 0.6 is 11.6 Å². The molecule has 2 N–H and O–H groups in total. The van der Waals surface area contributed by atoms with Crippen LogP contribution in [0, 0.1) is 5.41 Å². The number of hydrogen-bond donors (Lipinski definition) is 2. The van der Waals surface area contributed by atoms with Crippen LogP contribution in [0.2, 0.25) is 0 Å². The molecule has 42 heavy (non-hydrogen) atoms. The van der Waals surface area contributed by atoms with E-state index in [9.17, 15) is 14.4 Å². The summed E-state index contributed by atoms with van der Waals surface area (Å²) >= 11 is 6.18. The van der Waals surface area contributed by atoms with E-state index in [1.165, 1.54) is 12.7 Å². The zero-order valence-electron chi connectivity index (χ0n) is 27.2. The smallest absolute Gasteiger partial charge is 0.265 e. The second-order valence-corrected chi connectivity index (χ2v) is 13.5. The second-order valence-electron chi connectivity index (χ2n) is 13.1. The van der Waals surface area contributed by atoms with Gasteiger partial charge < -0.3 is 20.1 Å². The highest BCUT2D eigenvalue weighted by Gasteiger charge is 2.34. The van der Waals surface area contributed by atoms with Crippen molar-refractivity contribution in [2.24, 2.45) is 5.41 Å². The van der Waals surface area contributed by atoms with Gasteiger partial charge in [-0.1, -0.05) is 81.4 Å². The normalized spacial score (nSPS) is 13.6. The van der Waals surface area contributed by atoms with Crippen LogP contribution in [-0.4, -0.2) is 36.2 Å². The standard InChI is InChI=1S/C34H49ClN2O5/c1-12-25(42-26-17-15-21(33(7,8)13-2)19-23(26)34(9,10)14-3)30(39)36-22-16-18-27(41-11)24(20-22)37-31(40)28(35)29(38)32(4,5)6/h15-20,25,28H,12-14H2,1-11H3,(H,36,39)(H,37,40). The molecule has 2 rings (SSSR count). The van der Waals surface area contributed by atoms with E-state index in [0.29, 0.717) is 23.6 Å². The van der Waals surface area contributed by atoms with E-state index in [2.05, 4.69) is 64.3 Å². The van der Waals surface area contributed by atoms with Gasteiger partial charge in [0.2, 0.25) is 5.91 Å². The topological polar surface area (TPSA) is 93.7 Å². The van der Waals surface area contributed by atoms with E-state index >= 15 is 0 Å². The monoisotopic (exact) mass is 600 g/mol. The Kier molecular flexibility index (Phi) is 11.7. The molecule has 232 valence electrons. The van der Waals surface area contributed by atoms with Gasteiger partial charge in [-0.2, -0.15) is 0 Å². The van der Waals surface area contributed by atoms with Gasteiger partial charge in [0.05, 0.1) is 12.8 Å². The molecule has 0 aliphatic rings. The Morgan fingerprint density at radius 3 is 1.93 bits per heavy atom. The number of Topliss-reactive ketones (excluding diaryl/α,β-unsaturated/α-hetero) is 1. The molecule has 0 radical (unpaired) electrons. The molecule has 0 spiro atoms. The van der Waals surface area contributed by atoms with Crippen LogP contribution in [0.25, 0.3) is 0 Å². The summed E-state index contributed by atoms with van der Waals surface area (Å²) in [6, 6.07) is 11.2. The molecule has 0 bridgehead atoms. The van der Waals surface area contributed by atoms with Gasteiger partial charge in [-0.15, -0.1) is 11.6 Å². The highest BCUT2D eigenvalue weighted by atomic mass is 35.5. The van der Waals surface area contributed by atoms with Crippen LogP contribution in [0.5, 0.6) is 11.5 Å². The molecule has 0 saturated carbocycles. The molecule has 2 aromatic rings. The summed E-state index contributed by atoms with van der Waals surface area (Å²) in [7, 11) is 1.46. The van der Waals surface area contributed by atoms with Crippen molar-refractivity contribution in [2.75, 3.05) is 17.7 Å². The van der Waals surface area contributed by atoms with Gasteiger partial charge in [-0.05, 0) is 59.9 Å². The van der Waals surface area contributed by atoms with E-state index in [1.54, 1.807) is 39.0 Å². The number of hydrogen-bond acceptors (Lipinski definition) is 5. The summed E-state index contributed by atoms with van der Waals surface area (Å²) < 4.78 is 11.8. The fourth-order valence-electron chi connectivity index (χ4n) is 4.25. The van der Waals surface area contributed by atoms with Gasteiger partial charge in [-0.25, -0.2) is 0 Å². The van der Waals surface area contributed by atoms with Gasteiger partial charge in [0.1, 0.15) is 11.5 Å². The number of anilines is 2. The Bertz CT molecular complexity index is 1280. The van der Waals surface area contributed by atoms with Crippen LogP contribution in [0.4, 0.5) is 11.4 Å². The molecule has 2 aromatic carbocycles. The van der Waals surface area contributed by atoms with Gasteiger partial charge in [0, 0.05) is 16.7 Å². The number of halogens is 1. The Hall–Kier alpha value is -3.06. The molecule has 0 aliphatic carbocycles. The number of carbonyl (C=O) groups excluding carboxylic acids is 3. The maximum Gasteiger partial charge on any atom is 0.265 e. The number of methoxy groups -OCH3 is 1. The number of ether oxygens (including phenoxy) is 2. The third kappa shape index (κ3) is 8.50. The number of alkyl halides is 1. The van der Waals surface area contributed by atoms with Crippen LogP contribution in [-0.2, 0) is 25.2 Å². The number of ketones is 1. The van der Waals surface area contributed by atoms with Crippen molar-refractivity contribution in [1.29, 1.82) is 0 Å². The molecule has 0 heterocycles. The molecule has 2 unspecified atom stereocenters. The lowest BCUT2D eigenvalue weighted by atomic mass is 9.76. The van der Waals surface area contributed by atoms with Gasteiger partial charge in [-0.3, -0.25) is 14.4 Å². The lowest BCUT2D eigenvalue weighted by Crippen LogP contribution is -2.37. The molecular weight excluding hydrogens is 552 g/mol. The summed E-state index contributed by atoms with van der Waals surface area (Å²) in [5.41, 5.74) is 2.11. The average molecular weight is 601 g/mol. The third-order valence-electron chi connectivity index (χ3n) is 8.11. The van der Waals surface area contributed by atoms with Crippen molar-refractivity contribution in [2.45, 2.75) is 111 Å². The molecule has 0 aliphatic heterocycles. The highest BCUT2D eigenvalue weighted by Crippen LogP contribution is 2.39. The van der Waals surface area contributed by atoms with Gasteiger partial charge in [0.25, 0.3) is 5.91 Å². The van der Waals surface area contributed by atoms with Crippen molar-refractivity contribution in [3.63, 3.8) is 0 Å². The van der Waals surface area contributed by atoms with E-state index in [4.69, 9.17) is 21.1 Å². The zero-order chi connectivity index (χ0) is 32.0. The van der Waals surface area contributed by atoms with Crippen LogP contribution in [0.15, 0.2) is 36.4 Å². The number of nitrogens with one attached hydrogen (secondary N) is 2. The second kappa shape index (κ2) is 13.9. The number of amides is 2. The SMILES string of the molecule is CCC(Oc1ccc(C(C)(C)CC)cc1C(C)(C)CC)C(=O)Nc1ccc(OC)c(NC(=O)C(Cl)C(=O)C(C)(C)C)c1. The van der Waals surface area contributed by atoms with Crippen LogP contribution < -0.4 is 20.1 Å². The number of benzene rings is 2. The van der Waals surface area contributed by atoms with E-state index in [0.717, 1.165) is 18.4 Å². The first-order valence-electron chi connectivity index (χ1n) is 14.7. The first-order chi connectivity index (χ1) is 19.4. The minimum Gasteiger partial charge on any atom is -0.495 e. The van der Waals surface area contributed by atoms with E-state index < -0.39 is 28.6 Å². The van der Waals surface area contributed by atoms with Crippen molar-refractivity contribution in [3.8, 4) is 11.5 Å². The summed E-state index contributed by atoms with van der Waals surface area (Å²) in [6.07, 6.45) is 1.61. The average Bonchev–Trinajstić information content (AvgIpc) is 2.94. The Balaban J connectivity index is 2.33. The van der Waals surface area contributed by atoms with Crippen molar-refractivity contribution in [3.05, 3.63) is 47.5 Å². The van der Waals surface area contributed by atoms with Gasteiger partial charge in [0.15, 0.2) is 17.3 Å². The largest absolute Gasteiger partial charge is 0.495 e. The minimum atomic E-state index is -1.37. The van der Waals surface area contributed by atoms with Crippen LogP contribution in [0.3, 0.4) is 0 Å². The van der Waals surface area contributed by atoms with Gasteiger partial charge >= 0.3 is 0 Å². The minimum absolute atomic E-state index is 0.0175. The number of carbonyl (C=O) groups is 3. The Labute approximate surface area is 257 Å². The maximum absolute atomic E-state index is 13.4. The van der Waals surface area contributed by atoms with E-state index in [-0.39, 0.29) is 22.4 Å². The van der Waals surface area contributed by atoms with Crippen LogP contribution in [0.1, 0.15) is 99.6 Å². The zero-order valence-corrected chi connectivity index (χ0v) is 27.9. The summed E-state index contributed by atoms with van der Waals surface area (Å²) in [5.74, 6) is -0.341. The van der Waals surface area contributed by atoms with Crippen molar-refractivity contribution >= 4 is 40.6 Å². The summed E-state index contributed by atoms with van der Waals surface area (Å²) in [6.45, 7) is 20.2. The molecule has 7 nitrogen and oxygen atoms in total. The van der Waals surface area contributed by atoms with Crippen molar-refractivity contribution in [1.82, 2.24) is 0 Å². The number of rotatable bonds is 13. The lowest BCUT2D eigenvalue weighted by Gasteiger charge is -2.31. The summed E-state index contributed by atoms with van der Waals surface area (Å²) in [5, 5.41) is 4.19. The highest BCUT2D eigenvalue weighted by molar-refractivity contribution is 6.43. The summed E-state index contributed by atoms with van der Waals surface area (Å²) in [4.78, 5) is 38.7. The Morgan fingerprint density at radius 2 is 1.40 bits per heavy atom. The fourth-order valence-corrected chi connectivity index (χ4v) is 4.64. The predicted molar refractivity (Wildman–Crippen MR) is 172 cm³/mol. The molecule has 0 saturated heterocycles. The molecular formula is C34H49ClN2O5. The molecule has 8 heteroatoms.